The van der Waals surface area contributed by atoms with Crippen LogP contribution < -0.4 is 0 Å². The molecule has 0 saturated heterocycles. The lowest BCUT2D eigenvalue weighted by Gasteiger charge is -2.10. The summed E-state index contributed by atoms with van der Waals surface area (Å²) in [6, 6.07) is 8.45. The predicted octanol–water partition coefficient (Wildman–Crippen LogP) is 4.82. The molecule has 0 bridgehead atoms. The lowest BCUT2D eigenvalue weighted by Crippen LogP contribution is -2.03. The quantitative estimate of drug-likeness (QED) is 0.584. The molecule has 0 radical (unpaired) electrons. The first-order chi connectivity index (χ1) is 12.8. The molecule has 4 rings (SSSR count). The van der Waals surface area contributed by atoms with E-state index in [-0.39, 0.29) is 0 Å². The van der Waals surface area contributed by atoms with Gasteiger partial charge in [-0.2, -0.15) is 0 Å². The monoisotopic (exact) mass is 368 g/mol. The van der Waals surface area contributed by atoms with Crippen molar-refractivity contribution in [3.63, 3.8) is 0 Å². The summed E-state index contributed by atoms with van der Waals surface area (Å²) in [4.78, 5) is 0. The van der Waals surface area contributed by atoms with Gasteiger partial charge in [-0.3, -0.25) is 0 Å². The third-order valence-corrected chi connectivity index (χ3v) is 5.79. The van der Waals surface area contributed by atoms with Crippen molar-refractivity contribution in [3.8, 4) is 11.4 Å². The standard InChI is InChI=1S/C20H24N4OS/c1-3-11-24-19(15-8-6-7-14(2)12-15)21-22-20(24)26-13-17-16-9-4-5-10-18(16)25-23-17/h6-8,12H,3-5,9-11,13H2,1-2H3. The molecule has 0 atom stereocenters. The molecule has 3 aromatic rings. The molecule has 2 aromatic heterocycles. The lowest BCUT2D eigenvalue weighted by molar-refractivity contribution is 0.369. The Kier molecular flexibility index (Phi) is 5.11. The fraction of sp³-hybridized carbons (Fsp3) is 0.450. The molecule has 1 aliphatic carbocycles. The van der Waals surface area contributed by atoms with Crippen molar-refractivity contribution in [2.45, 2.75) is 63.4 Å². The molecule has 5 nitrogen and oxygen atoms in total. The molecule has 0 amide bonds. The minimum atomic E-state index is 0.786. The van der Waals surface area contributed by atoms with Crippen LogP contribution in [0.15, 0.2) is 33.9 Å². The molecule has 136 valence electrons. The summed E-state index contributed by atoms with van der Waals surface area (Å²) < 4.78 is 7.76. The van der Waals surface area contributed by atoms with Gasteiger partial charge < -0.3 is 9.09 Å². The molecular formula is C20H24N4OS. The highest BCUT2D eigenvalue weighted by atomic mass is 32.2. The van der Waals surface area contributed by atoms with E-state index in [9.17, 15) is 0 Å². The maximum atomic E-state index is 5.53. The Morgan fingerprint density at radius 3 is 2.92 bits per heavy atom. The summed E-state index contributed by atoms with van der Waals surface area (Å²) in [6.07, 6.45) is 5.60. The van der Waals surface area contributed by atoms with Gasteiger partial charge in [-0.25, -0.2) is 0 Å². The van der Waals surface area contributed by atoms with Crippen molar-refractivity contribution >= 4 is 11.8 Å². The van der Waals surface area contributed by atoms with Crippen LogP contribution in [0, 0.1) is 6.92 Å². The zero-order valence-electron chi connectivity index (χ0n) is 15.4. The van der Waals surface area contributed by atoms with Gasteiger partial charge in [0.05, 0.1) is 5.69 Å². The Morgan fingerprint density at radius 2 is 2.08 bits per heavy atom. The summed E-state index contributed by atoms with van der Waals surface area (Å²) in [5.74, 6) is 2.82. The number of nitrogens with zero attached hydrogens (tertiary/aromatic N) is 4. The first-order valence-electron chi connectivity index (χ1n) is 9.35. The summed E-state index contributed by atoms with van der Waals surface area (Å²) >= 11 is 1.70. The minimum absolute atomic E-state index is 0.786. The Hall–Kier alpha value is -2.08. The van der Waals surface area contributed by atoms with Crippen LogP contribution in [0.4, 0.5) is 0 Å². The van der Waals surface area contributed by atoms with E-state index < -0.39 is 0 Å². The van der Waals surface area contributed by atoms with Crippen LogP contribution in [0.2, 0.25) is 0 Å². The topological polar surface area (TPSA) is 56.7 Å². The summed E-state index contributed by atoms with van der Waals surface area (Å²) in [5.41, 5.74) is 4.76. The number of fused-ring (bicyclic) bond motifs is 1. The highest BCUT2D eigenvalue weighted by Crippen LogP contribution is 2.30. The van der Waals surface area contributed by atoms with Crippen molar-refractivity contribution in [1.82, 2.24) is 19.9 Å². The van der Waals surface area contributed by atoms with Crippen LogP contribution in [-0.4, -0.2) is 19.9 Å². The van der Waals surface area contributed by atoms with Crippen molar-refractivity contribution in [2.24, 2.45) is 0 Å². The van der Waals surface area contributed by atoms with Gasteiger partial charge in [0.2, 0.25) is 0 Å². The van der Waals surface area contributed by atoms with Gasteiger partial charge in [0, 0.05) is 29.8 Å². The number of hydrogen-bond acceptors (Lipinski definition) is 5. The smallest absolute Gasteiger partial charge is 0.191 e. The Bertz CT molecular complexity index is 899. The van der Waals surface area contributed by atoms with Gasteiger partial charge in [0.1, 0.15) is 5.76 Å². The fourth-order valence-corrected chi connectivity index (χ4v) is 4.44. The van der Waals surface area contributed by atoms with Crippen molar-refractivity contribution < 1.29 is 4.52 Å². The second-order valence-electron chi connectivity index (χ2n) is 6.85. The average molecular weight is 369 g/mol. The number of thioether (sulfide) groups is 1. The number of aromatic nitrogens is 4. The van der Waals surface area contributed by atoms with E-state index in [2.05, 4.69) is 58.0 Å². The van der Waals surface area contributed by atoms with E-state index >= 15 is 0 Å². The number of aryl methyl sites for hydroxylation is 2. The summed E-state index contributed by atoms with van der Waals surface area (Å²) in [7, 11) is 0. The zero-order chi connectivity index (χ0) is 17.9. The van der Waals surface area contributed by atoms with Crippen LogP contribution >= 0.6 is 11.8 Å². The average Bonchev–Trinajstić information content (AvgIpc) is 3.24. The highest BCUT2D eigenvalue weighted by molar-refractivity contribution is 7.98. The van der Waals surface area contributed by atoms with E-state index in [4.69, 9.17) is 4.52 Å². The largest absolute Gasteiger partial charge is 0.361 e. The van der Waals surface area contributed by atoms with Crippen LogP contribution in [0.5, 0.6) is 0 Å². The van der Waals surface area contributed by atoms with E-state index in [0.29, 0.717) is 0 Å². The van der Waals surface area contributed by atoms with Crippen LogP contribution in [0.25, 0.3) is 11.4 Å². The second-order valence-corrected chi connectivity index (χ2v) is 7.80. The van der Waals surface area contributed by atoms with Crippen LogP contribution in [0.1, 0.15) is 48.8 Å². The van der Waals surface area contributed by atoms with Crippen molar-refractivity contribution in [1.29, 1.82) is 0 Å². The second kappa shape index (κ2) is 7.66. The summed E-state index contributed by atoms with van der Waals surface area (Å²) in [6.45, 7) is 5.20. The lowest BCUT2D eigenvalue weighted by atomic mass is 9.97. The molecule has 0 N–H and O–H groups in total. The van der Waals surface area contributed by atoms with E-state index in [1.54, 1.807) is 11.8 Å². The molecule has 1 aliphatic rings. The van der Waals surface area contributed by atoms with Gasteiger partial charge in [-0.1, -0.05) is 47.6 Å². The fourth-order valence-electron chi connectivity index (χ4n) is 3.51. The minimum Gasteiger partial charge on any atom is -0.361 e. The van der Waals surface area contributed by atoms with Gasteiger partial charge in [-0.15, -0.1) is 10.2 Å². The Morgan fingerprint density at radius 1 is 1.19 bits per heavy atom. The highest BCUT2D eigenvalue weighted by Gasteiger charge is 2.21. The predicted molar refractivity (Wildman–Crippen MR) is 103 cm³/mol. The van der Waals surface area contributed by atoms with Gasteiger partial charge in [0.15, 0.2) is 11.0 Å². The molecule has 26 heavy (non-hydrogen) atoms. The Balaban J connectivity index is 1.58. The maximum absolute atomic E-state index is 5.53. The molecule has 0 saturated carbocycles. The third kappa shape index (κ3) is 3.43. The molecule has 0 unspecified atom stereocenters. The number of rotatable bonds is 6. The first kappa shape index (κ1) is 17.3. The summed E-state index contributed by atoms with van der Waals surface area (Å²) in [5, 5.41) is 14.2. The van der Waals surface area contributed by atoms with Crippen LogP contribution in [0.3, 0.4) is 0 Å². The Labute approximate surface area is 158 Å². The van der Waals surface area contributed by atoms with E-state index in [1.165, 1.54) is 24.0 Å². The molecular weight excluding hydrogens is 344 g/mol. The molecule has 0 spiro atoms. The first-order valence-corrected chi connectivity index (χ1v) is 10.3. The normalized spacial score (nSPS) is 13.8. The van der Waals surface area contributed by atoms with Gasteiger partial charge in [-0.05, 0) is 38.7 Å². The molecule has 0 fully saturated rings. The van der Waals surface area contributed by atoms with E-state index in [1.807, 2.05) is 0 Å². The van der Waals surface area contributed by atoms with Gasteiger partial charge >= 0.3 is 0 Å². The van der Waals surface area contributed by atoms with Gasteiger partial charge in [0.25, 0.3) is 0 Å². The third-order valence-electron chi connectivity index (χ3n) is 4.81. The number of hydrogen-bond donors (Lipinski definition) is 0. The van der Waals surface area contributed by atoms with E-state index in [0.717, 1.165) is 59.6 Å². The van der Waals surface area contributed by atoms with Crippen molar-refractivity contribution in [3.05, 3.63) is 46.8 Å². The van der Waals surface area contributed by atoms with Crippen LogP contribution in [-0.2, 0) is 25.1 Å². The molecule has 1 aromatic carbocycles. The molecule has 2 heterocycles. The maximum Gasteiger partial charge on any atom is 0.191 e. The SMILES string of the molecule is CCCn1c(SCc2noc3c2CCCC3)nnc1-c1cccc(C)c1. The molecule has 6 heteroatoms. The number of benzene rings is 1. The molecule has 0 aliphatic heterocycles. The zero-order valence-corrected chi connectivity index (χ0v) is 16.2. The van der Waals surface area contributed by atoms with Crippen molar-refractivity contribution in [2.75, 3.05) is 0 Å².